The first-order valence-corrected chi connectivity index (χ1v) is 10.5. The highest BCUT2D eigenvalue weighted by atomic mass is 16.4. The highest BCUT2D eigenvalue weighted by Gasteiger charge is 2.09. The number of carbonyl (C=O) groups excluding carboxylic acids is 1. The van der Waals surface area contributed by atoms with Gasteiger partial charge in [-0.3, -0.25) is 9.59 Å². The monoisotopic (exact) mass is 355 g/mol. The number of hydrogen-bond donors (Lipinski definition) is 1. The van der Waals surface area contributed by atoms with Gasteiger partial charge in [-0.15, -0.1) is 0 Å². The number of amides is 1. The van der Waals surface area contributed by atoms with E-state index in [0.29, 0.717) is 0 Å². The van der Waals surface area contributed by atoms with Crippen LogP contribution in [0.3, 0.4) is 0 Å². The van der Waals surface area contributed by atoms with E-state index in [-0.39, 0.29) is 18.7 Å². The second kappa shape index (κ2) is 17.8. The lowest BCUT2D eigenvalue weighted by atomic mass is 10.0. The lowest BCUT2D eigenvalue weighted by molar-refractivity contribution is -0.140. The van der Waals surface area contributed by atoms with Gasteiger partial charge in [0.15, 0.2) is 0 Å². The van der Waals surface area contributed by atoms with E-state index in [4.69, 9.17) is 5.11 Å². The van der Waals surface area contributed by atoms with Crippen molar-refractivity contribution in [2.45, 2.75) is 110 Å². The summed E-state index contributed by atoms with van der Waals surface area (Å²) < 4.78 is 0. The molecule has 0 unspecified atom stereocenters. The Kier molecular flexibility index (Phi) is 17.0. The number of nitrogens with zero attached hydrogens (tertiary/aromatic N) is 1. The maximum atomic E-state index is 11.7. The summed E-state index contributed by atoms with van der Waals surface area (Å²) in [5, 5.41) is 8.58. The van der Waals surface area contributed by atoms with Crippen molar-refractivity contribution in [3.8, 4) is 0 Å². The van der Waals surface area contributed by atoms with Crippen LogP contribution in [0.1, 0.15) is 110 Å². The van der Waals surface area contributed by atoms with Gasteiger partial charge in [0.1, 0.15) is 0 Å². The van der Waals surface area contributed by atoms with Crippen LogP contribution in [0.15, 0.2) is 0 Å². The molecule has 0 aliphatic rings. The second-order valence-electron chi connectivity index (χ2n) is 7.31. The molecule has 0 aliphatic carbocycles. The molecule has 0 saturated carbocycles. The Bertz CT molecular complexity index is 331. The zero-order valence-electron chi connectivity index (χ0n) is 16.7. The SMILES string of the molecule is CCCCCCCCCCCCCCCCN(C)C(=O)CCC(=O)O. The number of carboxylic acid groups (broad SMARTS) is 1. The summed E-state index contributed by atoms with van der Waals surface area (Å²) >= 11 is 0. The van der Waals surface area contributed by atoms with E-state index >= 15 is 0 Å². The second-order valence-corrected chi connectivity index (χ2v) is 7.31. The fourth-order valence-electron chi connectivity index (χ4n) is 3.07. The Balaban J connectivity index is 3.25. The number of carboxylic acids is 1. The van der Waals surface area contributed by atoms with Crippen LogP contribution < -0.4 is 0 Å². The number of unbranched alkanes of at least 4 members (excludes halogenated alkanes) is 13. The van der Waals surface area contributed by atoms with Crippen molar-refractivity contribution < 1.29 is 14.7 Å². The third kappa shape index (κ3) is 17.6. The van der Waals surface area contributed by atoms with E-state index in [9.17, 15) is 9.59 Å². The summed E-state index contributed by atoms with van der Waals surface area (Å²) in [5.41, 5.74) is 0. The van der Waals surface area contributed by atoms with Crippen LogP contribution in [-0.4, -0.2) is 35.5 Å². The van der Waals surface area contributed by atoms with Crippen molar-refractivity contribution in [2.24, 2.45) is 0 Å². The van der Waals surface area contributed by atoms with Crippen LogP contribution in [0.25, 0.3) is 0 Å². The van der Waals surface area contributed by atoms with Crippen molar-refractivity contribution >= 4 is 11.9 Å². The molecule has 4 nitrogen and oxygen atoms in total. The van der Waals surface area contributed by atoms with E-state index in [2.05, 4.69) is 6.92 Å². The van der Waals surface area contributed by atoms with Crippen molar-refractivity contribution in [3.05, 3.63) is 0 Å². The van der Waals surface area contributed by atoms with Crippen LogP contribution in [-0.2, 0) is 9.59 Å². The van der Waals surface area contributed by atoms with Crippen LogP contribution in [0, 0.1) is 0 Å². The van der Waals surface area contributed by atoms with Crippen LogP contribution in [0.4, 0.5) is 0 Å². The maximum Gasteiger partial charge on any atom is 0.303 e. The van der Waals surface area contributed by atoms with E-state index in [1.54, 1.807) is 11.9 Å². The molecule has 0 aromatic rings. The first-order chi connectivity index (χ1) is 12.1. The Labute approximate surface area is 155 Å². The molecule has 25 heavy (non-hydrogen) atoms. The fraction of sp³-hybridized carbons (Fsp3) is 0.905. The average Bonchev–Trinajstić information content (AvgIpc) is 2.59. The first kappa shape index (κ1) is 23.9. The lowest BCUT2D eigenvalue weighted by Crippen LogP contribution is -2.28. The van der Waals surface area contributed by atoms with Gasteiger partial charge in [0.2, 0.25) is 5.91 Å². The first-order valence-electron chi connectivity index (χ1n) is 10.5. The molecular weight excluding hydrogens is 314 g/mol. The highest BCUT2D eigenvalue weighted by molar-refractivity contribution is 5.80. The van der Waals surface area contributed by atoms with Gasteiger partial charge in [0, 0.05) is 20.0 Å². The highest BCUT2D eigenvalue weighted by Crippen LogP contribution is 2.13. The van der Waals surface area contributed by atoms with E-state index < -0.39 is 5.97 Å². The quantitative estimate of drug-likeness (QED) is 0.317. The van der Waals surface area contributed by atoms with Crippen LogP contribution in [0.5, 0.6) is 0 Å². The molecule has 0 aromatic heterocycles. The predicted molar refractivity (Wildman–Crippen MR) is 105 cm³/mol. The molecule has 148 valence electrons. The van der Waals surface area contributed by atoms with E-state index in [0.717, 1.165) is 19.4 Å². The molecule has 0 bridgehead atoms. The van der Waals surface area contributed by atoms with Gasteiger partial charge in [0.25, 0.3) is 0 Å². The number of carbonyl (C=O) groups is 2. The lowest BCUT2D eigenvalue weighted by Gasteiger charge is -2.16. The average molecular weight is 356 g/mol. The largest absolute Gasteiger partial charge is 0.481 e. The minimum absolute atomic E-state index is 0.0582. The molecule has 0 heterocycles. The molecule has 0 radical (unpaired) electrons. The Hall–Kier alpha value is -1.06. The molecule has 0 spiro atoms. The minimum Gasteiger partial charge on any atom is -0.481 e. The number of aliphatic carboxylic acids is 1. The molecule has 0 aliphatic heterocycles. The fourth-order valence-corrected chi connectivity index (χ4v) is 3.07. The summed E-state index contributed by atoms with van der Waals surface area (Å²) in [4.78, 5) is 23.8. The molecule has 4 heteroatoms. The molecule has 0 atom stereocenters. The minimum atomic E-state index is -0.904. The third-order valence-corrected chi connectivity index (χ3v) is 4.83. The van der Waals surface area contributed by atoms with Gasteiger partial charge < -0.3 is 10.0 Å². The van der Waals surface area contributed by atoms with Gasteiger partial charge in [-0.1, -0.05) is 90.4 Å². The Morgan fingerprint density at radius 3 is 1.48 bits per heavy atom. The molecule has 0 aromatic carbocycles. The molecule has 1 amide bonds. The van der Waals surface area contributed by atoms with Gasteiger partial charge in [-0.05, 0) is 6.42 Å². The van der Waals surface area contributed by atoms with Crippen LogP contribution >= 0.6 is 0 Å². The van der Waals surface area contributed by atoms with Gasteiger partial charge in [-0.25, -0.2) is 0 Å². The van der Waals surface area contributed by atoms with Crippen molar-refractivity contribution in [2.75, 3.05) is 13.6 Å². The zero-order chi connectivity index (χ0) is 18.8. The molecule has 0 fully saturated rings. The van der Waals surface area contributed by atoms with E-state index in [1.807, 2.05) is 0 Å². The predicted octanol–water partition coefficient (Wildman–Crippen LogP) is 5.79. The van der Waals surface area contributed by atoms with Gasteiger partial charge >= 0.3 is 5.97 Å². The summed E-state index contributed by atoms with van der Waals surface area (Å²) in [5.74, 6) is -0.963. The molecule has 0 rings (SSSR count). The van der Waals surface area contributed by atoms with Gasteiger partial charge in [-0.2, -0.15) is 0 Å². The topological polar surface area (TPSA) is 57.6 Å². The molecular formula is C21H41NO3. The van der Waals surface area contributed by atoms with Crippen molar-refractivity contribution in [1.29, 1.82) is 0 Å². The summed E-state index contributed by atoms with van der Waals surface area (Å²) in [7, 11) is 1.77. The molecule has 1 N–H and O–H groups in total. The number of hydrogen-bond acceptors (Lipinski definition) is 2. The molecule has 0 saturated heterocycles. The Morgan fingerprint density at radius 2 is 1.08 bits per heavy atom. The standard InChI is InChI=1S/C21H41NO3/c1-3-4-5-6-7-8-9-10-11-12-13-14-15-16-19-22(2)20(23)17-18-21(24)25/h3-19H2,1-2H3,(H,24,25). The maximum absolute atomic E-state index is 11.7. The smallest absolute Gasteiger partial charge is 0.303 e. The summed E-state index contributed by atoms with van der Waals surface area (Å²) in [6, 6.07) is 0. The Morgan fingerprint density at radius 1 is 0.680 bits per heavy atom. The van der Waals surface area contributed by atoms with Gasteiger partial charge in [0.05, 0.1) is 6.42 Å². The zero-order valence-corrected chi connectivity index (χ0v) is 16.7. The summed E-state index contributed by atoms with van der Waals surface area (Å²) in [6.07, 6.45) is 18.6. The number of rotatable bonds is 18. The summed E-state index contributed by atoms with van der Waals surface area (Å²) in [6.45, 7) is 3.01. The van der Waals surface area contributed by atoms with Crippen molar-refractivity contribution in [3.63, 3.8) is 0 Å². The van der Waals surface area contributed by atoms with Crippen molar-refractivity contribution in [1.82, 2.24) is 4.90 Å². The van der Waals surface area contributed by atoms with E-state index in [1.165, 1.54) is 77.0 Å². The third-order valence-electron chi connectivity index (χ3n) is 4.83. The van der Waals surface area contributed by atoms with Crippen LogP contribution in [0.2, 0.25) is 0 Å². The normalized spacial score (nSPS) is 10.8.